The van der Waals surface area contributed by atoms with Crippen LogP contribution in [0, 0.1) is 11.8 Å². The highest BCUT2D eigenvalue weighted by atomic mass is 16.1. The molecule has 0 radical (unpaired) electrons. The lowest BCUT2D eigenvalue weighted by molar-refractivity contribution is -0.117. The molecular formula is C11H16O2. The highest BCUT2D eigenvalue weighted by molar-refractivity contribution is 5.77. The molecule has 0 bridgehead atoms. The average molecular weight is 180 g/mol. The number of carbonyl (C=O) groups excluding carboxylic acids is 2. The Kier molecular flexibility index (Phi) is 3.40. The van der Waals surface area contributed by atoms with Gasteiger partial charge in [-0.2, -0.15) is 0 Å². The summed E-state index contributed by atoms with van der Waals surface area (Å²) in [6.45, 7) is 3.23. The molecule has 13 heavy (non-hydrogen) atoms. The minimum atomic E-state index is 0.234. The van der Waals surface area contributed by atoms with Crippen molar-refractivity contribution in [2.24, 2.45) is 11.8 Å². The van der Waals surface area contributed by atoms with Gasteiger partial charge in [-0.25, -0.2) is 0 Å². The van der Waals surface area contributed by atoms with Crippen molar-refractivity contribution in [3.63, 3.8) is 0 Å². The van der Waals surface area contributed by atoms with Gasteiger partial charge in [0.25, 0.3) is 0 Å². The first kappa shape index (κ1) is 10.2. The molecule has 1 rings (SSSR count). The molecule has 0 aromatic rings. The van der Waals surface area contributed by atoms with Crippen molar-refractivity contribution in [1.82, 2.24) is 0 Å². The molecule has 0 saturated heterocycles. The maximum absolute atomic E-state index is 10.8. The second-order valence-corrected chi connectivity index (χ2v) is 3.95. The maximum atomic E-state index is 10.8. The van der Waals surface area contributed by atoms with Gasteiger partial charge in [0.2, 0.25) is 0 Å². The number of carbonyl (C=O) groups is 2. The van der Waals surface area contributed by atoms with Gasteiger partial charge in [0, 0.05) is 12.8 Å². The van der Waals surface area contributed by atoms with Gasteiger partial charge in [-0.05, 0) is 32.1 Å². The summed E-state index contributed by atoms with van der Waals surface area (Å²) >= 11 is 0. The van der Waals surface area contributed by atoms with E-state index < -0.39 is 0 Å². The largest absolute Gasteiger partial charge is 0.300 e. The summed E-state index contributed by atoms with van der Waals surface area (Å²) in [6.07, 6.45) is 6.39. The van der Waals surface area contributed by atoms with E-state index in [0.717, 1.165) is 6.42 Å². The fraction of sp³-hybridized carbons (Fsp3) is 0.636. The molecule has 0 heterocycles. The zero-order valence-electron chi connectivity index (χ0n) is 8.25. The molecule has 0 spiro atoms. The Labute approximate surface area is 79.0 Å². The molecule has 0 aromatic heterocycles. The molecular weight excluding hydrogens is 164 g/mol. The van der Waals surface area contributed by atoms with Gasteiger partial charge in [0.05, 0.1) is 0 Å². The predicted molar refractivity (Wildman–Crippen MR) is 51.3 cm³/mol. The van der Waals surface area contributed by atoms with E-state index in [4.69, 9.17) is 0 Å². The Balaban J connectivity index is 2.33. The Hall–Kier alpha value is -0.920. The Morgan fingerprint density at radius 1 is 1.08 bits per heavy atom. The molecule has 0 aromatic carbocycles. The molecule has 0 fully saturated rings. The number of Topliss-reactive ketones (excluding diaryl/α,β-unsaturated/α-hetero) is 2. The lowest BCUT2D eigenvalue weighted by atomic mass is 9.96. The standard InChI is InChI=1S/C11H16O2/c1-8(12)5-10-3-4-11(7-10)6-9(2)13/h3-4,10-11H,5-7H2,1-2H3. The summed E-state index contributed by atoms with van der Waals surface area (Å²) in [6, 6.07) is 0. The third kappa shape index (κ3) is 3.53. The van der Waals surface area contributed by atoms with Crippen molar-refractivity contribution in [3.8, 4) is 0 Å². The Morgan fingerprint density at radius 2 is 1.46 bits per heavy atom. The molecule has 2 unspecified atom stereocenters. The SMILES string of the molecule is CC(=O)CC1C=CC(CC(C)=O)C1. The van der Waals surface area contributed by atoms with E-state index in [1.165, 1.54) is 0 Å². The lowest BCUT2D eigenvalue weighted by Gasteiger charge is -2.08. The fourth-order valence-electron chi connectivity index (χ4n) is 1.90. The van der Waals surface area contributed by atoms with E-state index in [2.05, 4.69) is 12.2 Å². The Morgan fingerprint density at radius 3 is 1.77 bits per heavy atom. The minimum Gasteiger partial charge on any atom is -0.300 e. The van der Waals surface area contributed by atoms with Crippen LogP contribution in [0.4, 0.5) is 0 Å². The van der Waals surface area contributed by atoms with Crippen molar-refractivity contribution in [2.45, 2.75) is 33.1 Å². The molecule has 1 aliphatic rings. The van der Waals surface area contributed by atoms with E-state index in [1.807, 2.05) is 0 Å². The van der Waals surface area contributed by atoms with Gasteiger partial charge < -0.3 is 9.59 Å². The second-order valence-electron chi connectivity index (χ2n) is 3.95. The van der Waals surface area contributed by atoms with Gasteiger partial charge in [-0.1, -0.05) is 12.2 Å². The van der Waals surface area contributed by atoms with Crippen molar-refractivity contribution in [2.75, 3.05) is 0 Å². The molecule has 0 aliphatic heterocycles. The molecule has 0 N–H and O–H groups in total. The molecule has 2 atom stereocenters. The minimum absolute atomic E-state index is 0.234. The van der Waals surface area contributed by atoms with Crippen LogP contribution < -0.4 is 0 Å². The maximum Gasteiger partial charge on any atom is 0.130 e. The highest BCUT2D eigenvalue weighted by Crippen LogP contribution is 2.28. The van der Waals surface area contributed by atoms with Gasteiger partial charge >= 0.3 is 0 Å². The van der Waals surface area contributed by atoms with Gasteiger partial charge in [-0.15, -0.1) is 0 Å². The van der Waals surface area contributed by atoms with Crippen molar-refractivity contribution in [3.05, 3.63) is 12.2 Å². The van der Waals surface area contributed by atoms with Crippen LogP contribution in [0.3, 0.4) is 0 Å². The van der Waals surface area contributed by atoms with E-state index in [1.54, 1.807) is 13.8 Å². The molecule has 2 heteroatoms. The molecule has 72 valence electrons. The highest BCUT2D eigenvalue weighted by Gasteiger charge is 2.20. The third-order valence-corrected chi connectivity index (χ3v) is 2.36. The zero-order valence-corrected chi connectivity index (χ0v) is 8.25. The Bertz CT molecular complexity index is 216. The van der Waals surface area contributed by atoms with Crippen LogP contribution in [0.1, 0.15) is 33.1 Å². The summed E-state index contributed by atoms with van der Waals surface area (Å²) < 4.78 is 0. The molecule has 0 saturated carbocycles. The van der Waals surface area contributed by atoms with Crippen LogP contribution in [-0.2, 0) is 9.59 Å². The number of rotatable bonds is 4. The van der Waals surface area contributed by atoms with Crippen LogP contribution in [0.5, 0.6) is 0 Å². The molecule has 1 aliphatic carbocycles. The molecule has 0 amide bonds. The van der Waals surface area contributed by atoms with Gasteiger partial charge in [0.15, 0.2) is 0 Å². The summed E-state index contributed by atoms with van der Waals surface area (Å²) in [5.41, 5.74) is 0. The number of ketones is 2. The first-order chi connectivity index (χ1) is 6.08. The summed E-state index contributed by atoms with van der Waals surface area (Å²) in [5.74, 6) is 1.22. The van der Waals surface area contributed by atoms with E-state index in [0.29, 0.717) is 24.7 Å². The van der Waals surface area contributed by atoms with Crippen molar-refractivity contribution >= 4 is 11.6 Å². The number of allylic oxidation sites excluding steroid dienone is 2. The van der Waals surface area contributed by atoms with Crippen molar-refractivity contribution < 1.29 is 9.59 Å². The fourth-order valence-corrected chi connectivity index (χ4v) is 1.90. The van der Waals surface area contributed by atoms with E-state index >= 15 is 0 Å². The van der Waals surface area contributed by atoms with E-state index in [9.17, 15) is 9.59 Å². The zero-order chi connectivity index (χ0) is 9.84. The van der Waals surface area contributed by atoms with Crippen LogP contribution in [-0.4, -0.2) is 11.6 Å². The lowest BCUT2D eigenvalue weighted by Crippen LogP contribution is -2.05. The summed E-state index contributed by atoms with van der Waals surface area (Å²) in [7, 11) is 0. The first-order valence-electron chi connectivity index (χ1n) is 4.75. The quantitative estimate of drug-likeness (QED) is 0.621. The number of hydrogen-bond acceptors (Lipinski definition) is 2. The van der Waals surface area contributed by atoms with Crippen LogP contribution in [0.25, 0.3) is 0 Å². The first-order valence-corrected chi connectivity index (χ1v) is 4.75. The van der Waals surface area contributed by atoms with Crippen LogP contribution >= 0.6 is 0 Å². The van der Waals surface area contributed by atoms with Crippen LogP contribution in [0.15, 0.2) is 12.2 Å². The smallest absolute Gasteiger partial charge is 0.130 e. The summed E-state index contributed by atoms with van der Waals surface area (Å²) in [5, 5.41) is 0. The number of hydrogen-bond donors (Lipinski definition) is 0. The van der Waals surface area contributed by atoms with Gasteiger partial charge in [-0.3, -0.25) is 0 Å². The topological polar surface area (TPSA) is 34.1 Å². The van der Waals surface area contributed by atoms with Crippen LogP contribution in [0.2, 0.25) is 0 Å². The predicted octanol–water partition coefficient (Wildman–Crippen LogP) is 2.14. The second kappa shape index (κ2) is 4.35. The third-order valence-electron chi connectivity index (χ3n) is 2.36. The average Bonchev–Trinajstić information content (AvgIpc) is 2.33. The normalized spacial score (nSPS) is 26.3. The van der Waals surface area contributed by atoms with E-state index in [-0.39, 0.29) is 11.6 Å². The monoisotopic (exact) mass is 180 g/mol. The van der Waals surface area contributed by atoms with Crippen molar-refractivity contribution in [1.29, 1.82) is 0 Å². The van der Waals surface area contributed by atoms with Gasteiger partial charge in [0.1, 0.15) is 11.6 Å². The molecule has 2 nitrogen and oxygen atoms in total. The summed E-state index contributed by atoms with van der Waals surface area (Å²) in [4.78, 5) is 21.7.